The standard InChI is InChI=1S/C26H33N3O5S/c1-19(2)29-23(16-27-26(29)35(31,32)18-21-11-9-20(3)10-12-21)17-28(13-14-33-4)25(30)22-7-6-8-24(15-22)34-5/h6-12,15-16,19H,13-14,17-18H2,1-5H3. The molecule has 188 valence electrons. The van der Waals surface area contributed by atoms with Crippen LogP contribution in [-0.2, 0) is 26.9 Å². The molecule has 0 aliphatic rings. The van der Waals surface area contributed by atoms with Crippen molar-refractivity contribution in [2.24, 2.45) is 0 Å². The highest BCUT2D eigenvalue weighted by atomic mass is 32.2. The van der Waals surface area contributed by atoms with Gasteiger partial charge in [0.2, 0.25) is 15.0 Å². The van der Waals surface area contributed by atoms with Gasteiger partial charge in [-0.15, -0.1) is 0 Å². The number of nitrogens with zero attached hydrogens (tertiary/aromatic N) is 3. The number of hydrogen-bond donors (Lipinski definition) is 0. The third kappa shape index (κ3) is 6.49. The van der Waals surface area contributed by atoms with E-state index in [9.17, 15) is 13.2 Å². The topological polar surface area (TPSA) is 90.7 Å². The first-order chi connectivity index (χ1) is 16.7. The van der Waals surface area contributed by atoms with E-state index < -0.39 is 9.84 Å². The Labute approximate surface area is 207 Å². The number of sulfone groups is 1. The predicted molar refractivity (Wildman–Crippen MR) is 134 cm³/mol. The zero-order valence-electron chi connectivity index (χ0n) is 20.9. The second kappa shape index (κ2) is 11.5. The van der Waals surface area contributed by atoms with Gasteiger partial charge in [0.25, 0.3) is 5.91 Å². The summed E-state index contributed by atoms with van der Waals surface area (Å²) in [5, 5.41) is 0.00333. The van der Waals surface area contributed by atoms with Crippen LogP contribution in [0.1, 0.15) is 47.1 Å². The van der Waals surface area contributed by atoms with Crippen LogP contribution in [0.5, 0.6) is 5.75 Å². The van der Waals surface area contributed by atoms with Gasteiger partial charge in [-0.2, -0.15) is 0 Å². The van der Waals surface area contributed by atoms with E-state index in [2.05, 4.69) is 4.98 Å². The fourth-order valence-corrected chi connectivity index (χ4v) is 5.43. The maximum atomic E-state index is 13.3. The van der Waals surface area contributed by atoms with Crippen molar-refractivity contribution in [2.45, 2.75) is 44.3 Å². The molecule has 9 heteroatoms. The fourth-order valence-electron chi connectivity index (χ4n) is 3.83. The summed E-state index contributed by atoms with van der Waals surface area (Å²) in [5.74, 6) is 0.229. The lowest BCUT2D eigenvalue weighted by molar-refractivity contribution is 0.0674. The van der Waals surface area contributed by atoms with Crippen LogP contribution in [0.2, 0.25) is 0 Å². The number of imidazole rings is 1. The highest BCUT2D eigenvalue weighted by Gasteiger charge is 2.27. The minimum Gasteiger partial charge on any atom is -0.497 e. The molecule has 3 rings (SSSR count). The molecule has 0 saturated heterocycles. The Hall–Kier alpha value is -3.17. The van der Waals surface area contributed by atoms with Crippen LogP contribution in [0.4, 0.5) is 0 Å². The number of aryl methyl sites for hydroxylation is 1. The number of carbonyl (C=O) groups is 1. The summed E-state index contributed by atoms with van der Waals surface area (Å²) in [6, 6.07) is 14.2. The summed E-state index contributed by atoms with van der Waals surface area (Å²) in [6.07, 6.45) is 1.54. The number of hydrogen-bond acceptors (Lipinski definition) is 6. The monoisotopic (exact) mass is 499 g/mol. The van der Waals surface area contributed by atoms with E-state index in [1.165, 1.54) is 0 Å². The minimum atomic E-state index is -3.71. The molecule has 0 N–H and O–H groups in total. The SMILES string of the molecule is COCCN(Cc1cnc(S(=O)(=O)Cc2ccc(C)cc2)n1C(C)C)C(=O)c1cccc(OC)c1. The number of amides is 1. The molecule has 1 amide bonds. The maximum absolute atomic E-state index is 13.3. The van der Waals surface area contributed by atoms with Gasteiger partial charge in [-0.05, 0) is 44.5 Å². The lowest BCUT2D eigenvalue weighted by atomic mass is 10.2. The quantitative estimate of drug-likeness (QED) is 0.395. The van der Waals surface area contributed by atoms with Gasteiger partial charge >= 0.3 is 0 Å². The smallest absolute Gasteiger partial charge is 0.254 e. The van der Waals surface area contributed by atoms with Crippen LogP contribution in [0, 0.1) is 6.92 Å². The molecule has 0 spiro atoms. The Morgan fingerprint density at radius 1 is 1.11 bits per heavy atom. The first-order valence-electron chi connectivity index (χ1n) is 11.4. The van der Waals surface area contributed by atoms with Gasteiger partial charge in [-0.25, -0.2) is 13.4 Å². The Bertz CT molecular complexity index is 1250. The zero-order valence-corrected chi connectivity index (χ0v) is 21.7. The number of ether oxygens (including phenoxy) is 2. The molecule has 0 fully saturated rings. The Morgan fingerprint density at radius 3 is 2.46 bits per heavy atom. The van der Waals surface area contributed by atoms with E-state index >= 15 is 0 Å². The normalized spacial score (nSPS) is 11.6. The van der Waals surface area contributed by atoms with Crippen LogP contribution in [0.3, 0.4) is 0 Å². The van der Waals surface area contributed by atoms with E-state index in [1.807, 2.05) is 45.0 Å². The lowest BCUT2D eigenvalue weighted by Gasteiger charge is -2.24. The van der Waals surface area contributed by atoms with Gasteiger partial charge in [0.1, 0.15) is 5.75 Å². The molecule has 0 aliphatic heterocycles. The molecule has 35 heavy (non-hydrogen) atoms. The van der Waals surface area contributed by atoms with Crippen molar-refractivity contribution in [2.75, 3.05) is 27.4 Å². The molecule has 1 heterocycles. The molecule has 0 atom stereocenters. The van der Waals surface area contributed by atoms with Crippen molar-refractivity contribution in [3.63, 3.8) is 0 Å². The molecule has 0 bridgehead atoms. The van der Waals surface area contributed by atoms with Crippen molar-refractivity contribution in [3.8, 4) is 5.75 Å². The summed E-state index contributed by atoms with van der Waals surface area (Å²) in [6.45, 7) is 6.62. The van der Waals surface area contributed by atoms with Gasteiger partial charge in [0.05, 0.1) is 37.9 Å². The summed E-state index contributed by atoms with van der Waals surface area (Å²) in [5.41, 5.74) is 2.87. The van der Waals surface area contributed by atoms with Crippen molar-refractivity contribution >= 4 is 15.7 Å². The Morgan fingerprint density at radius 2 is 1.83 bits per heavy atom. The molecule has 1 aromatic heterocycles. The minimum absolute atomic E-state index is 0.00333. The average Bonchev–Trinajstić information content (AvgIpc) is 3.27. The molecule has 3 aromatic rings. The first-order valence-corrected chi connectivity index (χ1v) is 13.1. The third-order valence-corrected chi connectivity index (χ3v) is 7.21. The molecule has 0 radical (unpaired) electrons. The number of aromatic nitrogens is 2. The zero-order chi connectivity index (χ0) is 25.6. The second-order valence-electron chi connectivity index (χ2n) is 8.69. The van der Waals surface area contributed by atoms with Crippen LogP contribution >= 0.6 is 0 Å². The number of carbonyl (C=O) groups excluding carboxylic acids is 1. The van der Waals surface area contributed by atoms with Crippen molar-refractivity contribution in [1.29, 1.82) is 0 Å². The molecule has 8 nitrogen and oxygen atoms in total. The molecular formula is C26H33N3O5S. The maximum Gasteiger partial charge on any atom is 0.254 e. The van der Waals surface area contributed by atoms with Gasteiger partial charge in [0.15, 0.2) is 0 Å². The summed E-state index contributed by atoms with van der Waals surface area (Å²) < 4.78 is 38.8. The van der Waals surface area contributed by atoms with Crippen LogP contribution < -0.4 is 4.74 Å². The molecule has 0 unspecified atom stereocenters. The van der Waals surface area contributed by atoms with Gasteiger partial charge < -0.3 is 18.9 Å². The lowest BCUT2D eigenvalue weighted by Crippen LogP contribution is -2.34. The highest BCUT2D eigenvalue weighted by molar-refractivity contribution is 7.90. The van der Waals surface area contributed by atoms with E-state index in [0.29, 0.717) is 35.7 Å². The van der Waals surface area contributed by atoms with Gasteiger partial charge in [-0.3, -0.25) is 4.79 Å². The molecule has 2 aromatic carbocycles. The molecule has 0 aliphatic carbocycles. The largest absolute Gasteiger partial charge is 0.497 e. The van der Waals surface area contributed by atoms with Gasteiger partial charge in [-0.1, -0.05) is 35.9 Å². The van der Waals surface area contributed by atoms with Crippen molar-refractivity contribution < 1.29 is 22.7 Å². The number of methoxy groups -OCH3 is 2. The Kier molecular flexibility index (Phi) is 8.69. The summed E-state index contributed by atoms with van der Waals surface area (Å²) in [7, 11) is -0.589. The summed E-state index contributed by atoms with van der Waals surface area (Å²) >= 11 is 0. The van der Waals surface area contributed by atoms with Crippen molar-refractivity contribution in [3.05, 3.63) is 77.1 Å². The average molecular weight is 500 g/mol. The fraction of sp³-hybridized carbons (Fsp3) is 0.385. The van der Waals surface area contributed by atoms with E-state index in [0.717, 1.165) is 5.56 Å². The van der Waals surface area contributed by atoms with E-state index in [4.69, 9.17) is 9.47 Å². The van der Waals surface area contributed by atoms with Crippen molar-refractivity contribution in [1.82, 2.24) is 14.5 Å². The van der Waals surface area contributed by atoms with Crippen LogP contribution in [0.25, 0.3) is 0 Å². The van der Waals surface area contributed by atoms with E-state index in [-0.39, 0.29) is 29.4 Å². The van der Waals surface area contributed by atoms with Gasteiger partial charge in [0, 0.05) is 25.3 Å². The van der Waals surface area contributed by atoms with Crippen LogP contribution in [0.15, 0.2) is 59.9 Å². The number of benzene rings is 2. The second-order valence-corrected chi connectivity index (χ2v) is 10.6. The van der Waals surface area contributed by atoms with E-state index in [1.54, 1.807) is 54.1 Å². The Balaban J connectivity index is 1.93. The first kappa shape index (κ1) is 26.4. The predicted octanol–water partition coefficient (Wildman–Crippen LogP) is 4.04. The number of rotatable bonds is 11. The molecule has 0 saturated carbocycles. The summed E-state index contributed by atoms with van der Waals surface area (Å²) in [4.78, 5) is 19.3. The molecular weight excluding hydrogens is 466 g/mol. The highest BCUT2D eigenvalue weighted by Crippen LogP contribution is 2.24. The van der Waals surface area contributed by atoms with Crippen LogP contribution in [-0.4, -0.2) is 56.1 Å². The third-order valence-electron chi connectivity index (χ3n) is 5.63.